The maximum atomic E-state index is 13.8. The highest BCUT2D eigenvalue weighted by atomic mass is 19.1. The van der Waals surface area contributed by atoms with E-state index in [0.29, 0.717) is 17.9 Å². The van der Waals surface area contributed by atoms with E-state index in [4.69, 9.17) is 6.42 Å². The van der Waals surface area contributed by atoms with Gasteiger partial charge in [0.2, 0.25) is 0 Å². The van der Waals surface area contributed by atoms with Crippen LogP contribution < -0.4 is 0 Å². The van der Waals surface area contributed by atoms with E-state index in [1.807, 2.05) is 26.7 Å². The molecule has 0 amide bonds. The SMILES string of the molecule is C#Cc1c(F)cc2c(nc(C)n2CC)c1F.CC. The van der Waals surface area contributed by atoms with Gasteiger partial charge < -0.3 is 4.57 Å². The Bertz CT molecular complexity index is 607. The molecule has 0 unspecified atom stereocenters. The number of rotatable bonds is 1. The maximum Gasteiger partial charge on any atom is 0.169 e. The van der Waals surface area contributed by atoms with Gasteiger partial charge in [-0.25, -0.2) is 13.8 Å². The zero-order valence-corrected chi connectivity index (χ0v) is 11.0. The Labute approximate surface area is 106 Å². The van der Waals surface area contributed by atoms with Crippen molar-refractivity contribution in [2.24, 2.45) is 0 Å². The van der Waals surface area contributed by atoms with Crippen molar-refractivity contribution in [2.45, 2.75) is 34.2 Å². The quantitative estimate of drug-likeness (QED) is 0.706. The Morgan fingerprint density at radius 1 is 1.39 bits per heavy atom. The summed E-state index contributed by atoms with van der Waals surface area (Å²) in [6.45, 7) is 8.24. The van der Waals surface area contributed by atoms with Crippen LogP contribution in [0.2, 0.25) is 0 Å². The molecule has 0 bridgehead atoms. The van der Waals surface area contributed by atoms with Crippen molar-refractivity contribution >= 4 is 11.0 Å². The molecule has 1 aromatic carbocycles. The number of aryl methyl sites for hydroxylation is 2. The molecule has 18 heavy (non-hydrogen) atoms. The van der Waals surface area contributed by atoms with Crippen LogP contribution in [0.3, 0.4) is 0 Å². The zero-order valence-electron chi connectivity index (χ0n) is 11.0. The van der Waals surface area contributed by atoms with E-state index in [2.05, 4.69) is 4.98 Å². The molecule has 1 heterocycles. The normalized spacial score (nSPS) is 9.83. The number of halogens is 2. The molecule has 0 N–H and O–H groups in total. The van der Waals surface area contributed by atoms with Crippen molar-refractivity contribution < 1.29 is 8.78 Å². The minimum absolute atomic E-state index is 0.133. The van der Waals surface area contributed by atoms with Crippen molar-refractivity contribution in [1.29, 1.82) is 0 Å². The Kier molecular flexibility index (Phi) is 4.43. The lowest BCUT2D eigenvalue weighted by atomic mass is 10.2. The van der Waals surface area contributed by atoms with Gasteiger partial charge in [-0.15, -0.1) is 6.42 Å². The van der Waals surface area contributed by atoms with Crippen molar-refractivity contribution in [2.75, 3.05) is 0 Å². The number of fused-ring (bicyclic) bond motifs is 1. The molecule has 0 aliphatic heterocycles. The summed E-state index contributed by atoms with van der Waals surface area (Å²) in [6.07, 6.45) is 5.06. The molecular formula is C14H16F2N2. The molecule has 0 radical (unpaired) electrons. The Balaban J connectivity index is 0.000000771. The number of imidazole rings is 1. The largest absolute Gasteiger partial charge is 0.328 e. The molecule has 2 nitrogen and oxygen atoms in total. The van der Waals surface area contributed by atoms with E-state index >= 15 is 0 Å². The van der Waals surface area contributed by atoms with Gasteiger partial charge in [0.25, 0.3) is 0 Å². The number of terminal acetylenes is 1. The van der Waals surface area contributed by atoms with Crippen molar-refractivity contribution in [1.82, 2.24) is 9.55 Å². The topological polar surface area (TPSA) is 17.8 Å². The maximum absolute atomic E-state index is 13.8. The Morgan fingerprint density at radius 3 is 2.50 bits per heavy atom. The summed E-state index contributed by atoms with van der Waals surface area (Å²) in [4.78, 5) is 4.06. The molecule has 1 aromatic heterocycles. The first-order valence-corrected chi connectivity index (χ1v) is 5.91. The van der Waals surface area contributed by atoms with Gasteiger partial charge >= 0.3 is 0 Å². The highest BCUT2D eigenvalue weighted by Crippen LogP contribution is 2.24. The van der Waals surface area contributed by atoms with E-state index in [1.54, 1.807) is 11.5 Å². The van der Waals surface area contributed by atoms with E-state index in [9.17, 15) is 8.78 Å². The predicted octanol–water partition coefficient (Wildman–Crippen LogP) is 3.65. The minimum Gasteiger partial charge on any atom is -0.328 e. The molecule has 0 spiro atoms. The summed E-state index contributed by atoms with van der Waals surface area (Å²) >= 11 is 0. The van der Waals surface area contributed by atoms with Crippen LogP contribution >= 0.6 is 0 Å². The second-order valence-electron chi connectivity index (χ2n) is 3.46. The third-order valence-corrected chi connectivity index (χ3v) is 2.59. The fourth-order valence-electron chi connectivity index (χ4n) is 1.84. The zero-order chi connectivity index (χ0) is 13.9. The van der Waals surface area contributed by atoms with Crippen molar-refractivity contribution in [3.05, 3.63) is 29.1 Å². The lowest BCUT2D eigenvalue weighted by Gasteiger charge is -2.03. The van der Waals surface area contributed by atoms with Gasteiger partial charge in [0.15, 0.2) is 5.82 Å². The highest BCUT2D eigenvalue weighted by molar-refractivity contribution is 5.79. The first-order valence-electron chi connectivity index (χ1n) is 5.91. The first kappa shape index (κ1) is 14.2. The van der Waals surface area contributed by atoms with Gasteiger partial charge in [-0.3, -0.25) is 0 Å². The average Bonchev–Trinajstić information content (AvgIpc) is 2.68. The van der Waals surface area contributed by atoms with Crippen LogP contribution in [0.4, 0.5) is 8.78 Å². The first-order chi connectivity index (χ1) is 8.60. The molecule has 0 saturated carbocycles. The fourth-order valence-corrected chi connectivity index (χ4v) is 1.84. The van der Waals surface area contributed by atoms with Crippen LogP contribution in [0.25, 0.3) is 11.0 Å². The van der Waals surface area contributed by atoms with Gasteiger partial charge in [0.1, 0.15) is 17.2 Å². The fraction of sp³-hybridized carbons (Fsp3) is 0.357. The standard InChI is InChI=1S/C12H10F2N2.C2H6/c1-4-8-9(13)6-10-12(11(8)14)15-7(3)16(10)5-2;1-2/h1,6H,5H2,2-3H3;1-2H3. The Hall–Kier alpha value is -1.89. The van der Waals surface area contributed by atoms with Crippen molar-refractivity contribution in [3.8, 4) is 12.3 Å². The van der Waals surface area contributed by atoms with Crippen LogP contribution in [-0.4, -0.2) is 9.55 Å². The monoisotopic (exact) mass is 250 g/mol. The Morgan fingerprint density at radius 2 is 2.00 bits per heavy atom. The second kappa shape index (κ2) is 5.63. The van der Waals surface area contributed by atoms with Crippen LogP contribution in [0.5, 0.6) is 0 Å². The van der Waals surface area contributed by atoms with Crippen LogP contribution in [0, 0.1) is 30.9 Å². The van der Waals surface area contributed by atoms with Crippen molar-refractivity contribution in [3.63, 3.8) is 0 Å². The molecule has 0 saturated heterocycles. The van der Waals surface area contributed by atoms with Gasteiger partial charge in [-0.05, 0) is 13.8 Å². The smallest absolute Gasteiger partial charge is 0.169 e. The molecule has 0 fully saturated rings. The van der Waals surface area contributed by atoms with Gasteiger partial charge in [0, 0.05) is 12.6 Å². The highest BCUT2D eigenvalue weighted by Gasteiger charge is 2.17. The molecule has 0 aliphatic carbocycles. The molecule has 2 rings (SSSR count). The summed E-state index contributed by atoms with van der Waals surface area (Å²) in [7, 11) is 0. The predicted molar refractivity (Wildman–Crippen MR) is 69.3 cm³/mol. The third kappa shape index (κ3) is 2.08. The average molecular weight is 250 g/mol. The number of aromatic nitrogens is 2. The van der Waals surface area contributed by atoms with Crippen LogP contribution in [0.1, 0.15) is 32.2 Å². The lowest BCUT2D eigenvalue weighted by molar-refractivity contribution is 0.584. The molecule has 2 aromatic rings. The van der Waals surface area contributed by atoms with E-state index in [-0.39, 0.29) is 11.1 Å². The number of benzene rings is 1. The number of nitrogens with zero attached hydrogens (tertiary/aromatic N) is 2. The third-order valence-electron chi connectivity index (χ3n) is 2.59. The molecular weight excluding hydrogens is 234 g/mol. The number of hydrogen-bond acceptors (Lipinski definition) is 1. The van der Waals surface area contributed by atoms with Gasteiger partial charge in [0.05, 0.1) is 11.1 Å². The van der Waals surface area contributed by atoms with Gasteiger partial charge in [-0.2, -0.15) is 0 Å². The summed E-state index contributed by atoms with van der Waals surface area (Å²) in [5.74, 6) is 1.17. The number of hydrogen-bond donors (Lipinski definition) is 0. The van der Waals surface area contributed by atoms with Gasteiger partial charge in [-0.1, -0.05) is 19.8 Å². The molecule has 96 valence electrons. The molecule has 0 atom stereocenters. The lowest BCUT2D eigenvalue weighted by Crippen LogP contribution is -1.98. The van der Waals surface area contributed by atoms with Crippen LogP contribution in [-0.2, 0) is 6.54 Å². The molecule has 4 heteroatoms. The van der Waals surface area contributed by atoms with E-state index in [1.165, 1.54) is 6.07 Å². The second-order valence-corrected chi connectivity index (χ2v) is 3.46. The minimum atomic E-state index is -0.757. The van der Waals surface area contributed by atoms with E-state index in [0.717, 1.165) is 0 Å². The molecule has 0 aliphatic rings. The van der Waals surface area contributed by atoms with Crippen LogP contribution in [0.15, 0.2) is 6.07 Å². The summed E-state index contributed by atoms with van der Waals surface area (Å²) < 4.78 is 29.0. The summed E-state index contributed by atoms with van der Waals surface area (Å²) in [5.41, 5.74) is 0.218. The summed E-state index contributed by atoms with van der Waals surface area (Å²) in [6, 6.07) is 1.23. The van der Waals surface area contributed by atoms with E-state index < -0.39 is 11.6 Å². The summed E-state index contributed by atoms with van der Waals surface area (Å²) in [5, 5.41) is 0.